The van der Waals surface area contributed by atoms with Crippen LogP contribution in [0, 0.1) is 24.7 Å². The number of likely N-dealkylation sites (tertiary alicyclic amines) is 1. The molecule has 0 spiro atoms. The summed E-state index contributed by atoms with van der Waals surface area (Å²) in [5, 5.41) is 3.50. The van der Waals surface area contributed by atoms with Crippen LogP contribution in [0.15, 0.2) is 10.5 Å². The Labute approximate surface area is 130 Å². The summed E-state index contributed by atoms with van der Waals surface area (Å²) < 4.78 is 5.96. The van der Waals surface area contributed by atoms with E-state index in [2.05, 4.69) is 50.9 Å². The molecule has 0 aliphatic carbocycles. The summed E-state index contributed by atoms with van der Waals surface area (Å²) in [6.07, 6.45) is 1.31. The number of piperidine rings is 1. The molecule has 0 radical (unpaired) electrons. The van der Waals surface area contributed by atoms with Gasteiger partial charge in [-0.2, -0.15) is 0 Å². The Balaban J connectivity index is 1.86. The van der Waals surface area contributed by atoms with Gasteiger partial charge in [-0.05, 0) is 50.3 Å². The van der Waals surface area contributed by atoms with Crippen LogP contribution in [0.3, 0.4) is 0 Å². The van der Waals surface area contributed by atoms with Crippen molar-refractivity contribution in [2.75, 3.05) is 19.6 Å². The lowest BCUT2D eigenvalue weighted by atomic mass is 9.89. The molecule has 21 heavy (non-hydrogen) atoms. The molecule has 1 saturated heterocycles. The van der Waals surface area contributed by atoms with E-state index in [4.69, 9.17) is 4.42 Å². The second kappa shape index (κ2) is 7.46. The summed E-state index contributed by atoms with van der Waals surface area (Å²) in [5.74, 6) is 4.53. The number of nitrogens with one attached hydrogen (secondary N) is 1. The molecule has 1 fully saturated rings. The van der Waals surface area contributed by atoms with E-state index in [0.29, 0.717) is 5.92 Å². The van der Waals surface area contributed by atoms with E-state index >= 15 is 0 Å². The highest BCUT2D eigenvalue weighted by Crippen LogP contribution is 2.24. The Morgan fingerprint density at radius 2 is 2.10 bits per heavy atom. The van der Waals surface area contributed by atoms with Crippen molar-refractivity contribution in [1.29, 1.82) is 0 Å². The third kappa shape index (κ3) is 4.86. The second-order valence-electron chi connectivity index (χ2n) is 7.30. The van der Waals surface area contributed by atoms with E-state index in [1.54, 1.807) is 0 Å². The summed E-state index contributed by atoms with van der Waals surface area (Å²) in [6, 6.07) is 2.24. The number of nitrogens with zero attached hydrogens (tertiary/aromatic N) is 1. The first kappa shape index (κ1) is 16.6. The van der Waals surface area contributed by atoms with E-state index in [1.165, 1.54) is 25.1 Å². The number of aryl methyl sites for hydroxylation is 1. The smallest absolute Gasteiger partial charge is 0.118 e. The Bertz CT molecular complexity index is 438. The highest BCUT2D eigenvalue weighted by Gasteiger charge is 2.23. The van der Waals surface area contributed by atoms with Crippen molar-refractivity contribution in [2.24, 2.45) is 17.8 Å². The quantitative estimate of drug-likeness (QED) is 0.864. The Morgan fingerprint density at radius 3 is 2.76 bits per heavy atom. The van der Waals surface area contributed by atoms with Crippen LogP contribution in [-0.2, 0) is 13.1 Å². The molecule has 0 bridgehead atoms. The first-order valence-electron chi connectivity index (χ1n) is 8.47. The van der Waals surface area contributed by atoms with Crippen molar-refractivity contribution >= 4 is 0 Å². The summed E-state index contributed by atoms with van der Waals surface area (Å²) in [5.41, 5.74) is 1.31. The lowest BCUT2D eigenvalue weighted by molar-refractivity contribution is 0.124. The predicted octanol–water partition coefficient (Wildman–Crippen LogP) is 3.81. The zero-order valence-electron chi connectivity index (χ0n) is 14.4. The van der Waals surface area contributed by atoms with Gasteiger partial charge in [-0.25, -0.2) is 0 Å². The monoisotopic (exact) mass is 292 g/mol. The van der Waals surface area contributed by atoms with Crippen LogP contribution in [0.1, 0.15) is 51.2 Å². The van der Waals surface area contributed by atoms with Crippen LogP contribution in [0.2, 0.25) is 0 Å². The van der Waals surface area contributed by atoms with Gasteiger partial charge in [-0.15, -0.1) is 0 Å². The molecule has 0 amide bonds. The Morgan fingerprint density at radius 1 is 1.33 bits per heavy atom. The first-order chi connectivity index (χ1) is 9.95. The standard InChI is InChI=1S/C18H32N2O/c1-13(2)9-19-10-17-8-18(21-16(17)5)12-20-7-6-14(3)15(4)11-20/h8,13-15,19H,6-7,9-12H2,1-5H3. The molecule has 2 atom stereocenters. The minimum atomic E-state index is 0.688. The number of hydrogen-bond donors (Lipinski definition) is 1. The maximum atomic E-state index is 5.96. The lowest BCUT2D eigenvalue weighted by Gasteiger charge is -2.34. The molecule has 3 nitrogen and oxygen atoms in total. The minimum Gasteiger partial charge on any atom is -0.465 e. The maximum absolute atomic E-state index is 5.96. The van der Waals surface area contributed by atoms with Gasteiger partial charge in [0.05, 0.1) is 6.54 Å². The normalized spacial score (nSPS) is 23.9. The SMILES string of the molecule is Cc1oc(CN2CCC(C)C(C)C2)cc1CNCC(C)C. The molecule has 1 aliphatic rings. The van der Waals surface area contributed by atoms with Gasteiger partial charge in [0.25, 0.3) is 0 Å². The third-order valence-electron chi connectivity index (χ3n) is 4.74. The number of furan rings is 1. The molecule has 1 N–H and O–H groups in total. The lowest BCUT2D eigenvalue weighted by Crippen LogP contribution is -2.37. The average Bonchev–Trinajstić information content (AvgIpc) is 2.74. The fourth-order valence-electron chi connectivity index (χ4n) is 3.05. The highest BCUT2D eigenvalue weighted by molar-refractivity contribution is 5.20. The van der Waals surface area contributed by atoms with E-state index in [9.17, 15) is 0 Å². The summed E-state index contributed by atoms with van der Waals surface area (Å²) >= 11 is 0. The van der Waals surface area contributed by atoms with Crippen LogP contribution < -0.4 is 5.32 Å². The fourth-order valence-corrected chi connectivity index (χ4v) is 3.05. The van der Waals surface area contributed by atoms with E-state index in [1.807, 2.05) is 0 Å². The van der Waals surface area contributed by atoms with Gasteiger partial charge < -0.3 is 9.73 Å². The van der Waals surface area contributed by atoms with Crippen molar-refractivity contribution in [1.82, 2.24) is 10.2 Å². The average molecular weight is 292 g/mol. The molecule has 2 heterocycles. The zero-order chi connectivity index (χ0) is 15.4. The van der Waals surface area contributed by atoms with Crippen molar-refractivity contribution in [3.05, 3.63) is 23.2 Å². The molecule has 3 heteroatoms. The van der Waals surface area contributed by atoms with Gasteiger partial charge in [-0.3, -0.25) is 4.90 Å². The summed E-state index contributed by atoms with van der Waals surface area (Å²) in [4.78, 5) is 2.54. The summed E-state index contributed by atoms with van der Waals surface area (Å²) in [7, 11) is 0. The number of hydrogen-bond acceptors (Lipinski definition) is 3. The van der Waals surface area contributed by atoms with Gasteiger partial charge in [0.2, 0.25) is 0 Å². The van der Waals surface area contributed by atoms with Crippen molar-refractivity contribution < 1.29 is 4.42 Å². The van der Waals surface area contributed by atoms with Gasteiger partial charge in [-0.1, -0.05) is 27.7 Å². The third-order valence-corrected chi connectivity index (χ3v) is 4.74. The van der Waals surface area contributed by atoms with Crippen LogP contribution in [0.4, 0.5) is 0 Å². The Kier molecular flexibility index (Phi) is 5.88. The summed E-state index contributed by atoms with van der Waals surface area (Å²) in [6.45, 7) is 16.6. The van der Waals surface area contributed by atoms with Crippen molar-refractivity contribution in [3.63, 3.8) is 0 Å². The van der Waals surface area contributed by atoms with Crippen LogP contribution in [-0.4, -0.2) is 24.5 Å². The van der Waals surface area contributed by atoms with E-state index < -0.39 is 0 Å². The van der Waals surface area contributed by atoms with Crippen LogP contribution >= 0.6 is 0 Å². The van der Waals surface area contributed by atoms with Gasteiger partial charge >= 0.3 is 0 Å². The molecule has 1 aliphatic heterocycles. The zero-order valence-corrected chi connectivity index (χ0v) is 14.4. The topological polar surface area (TPSA) is 28.4 Å². The second-order valence-corrected chi connectivity index (χ2v) is 7.30. The molecule has 0 aromatic carbocycles. The molecule has 1 aromatic rings. The van der Waals surface area contributed by atoms with Crippen molar-refractivity contribution in [3.8, 4) is 0 Å². The first-order valence-corrected chi connectivity index (χ1v) is 8.47. The van der Waals surface area contributed by atoms with Gasteiger partial charge in [0.1, 0.15) is 11.5 Å². The predicted molar refractivity (Wildman–Crippen MR) is 88.2 cm³/mol. The Hall–Kier alpha value is -0.800. The largest absolute Gasteiger partial charge is 0.465 e. The molecule has 1 aromatic heterocycles. The molecular formula is C18H32N2O. The van der Waals surface area contributed by atoms with E-state index in [0.717, 1.165) is 43.0 Å². The van der Waals surface area contributed by atoms with E-state index in [-0.39, 0.29) is 0 Å². The van der Waals surface area contributed by atoms with Gasteiger partial charge in [0.15, 0.2) is 0 Å². The molecule has 2 rings (SSSR count). The number of rotatable bonds is 6. The van der Waals surface area contributed by atoms with Gasteiger partial charge in [0, 0.05) is 18.7 Å². The highest BCUT2D eigenvalue weighted by atomic mass is 16.3. The molecule has 2 unspecified atom stereocenters. The van der Waals surface area contributed by atoms with Crippen LogP contribution in [0.25, 0.3) is 0 Å². The molecular weight excluding hydrogens is 260 g/mol. The minimum absolute atomic E-state index is 0.688. The van der Waals surface area contributed by atoms with Crippen molar-refractivity contribution in [2.45, 2.75) is 54.1 Å². The maximum Gasteiger partial charge on any atom is 0.118 e. The molecule has 0 saturated carbocycles. The fraction of sp³-hybridized carbons (Fsp3) is 0.778. The molecule has 120 valence electrons. The van der Waals surface area contributed by atoms with Crippen LogP contribution in [0.5, 0.6) is 0 Å².